The van der Waals surface area contributed by atoms with Crippen LogP contribution < -0.4 is 9.64 Å². The predicted octanol–water partition coefficient (Wildman–Crippen LogP) is 3.77. The van der Waals surface area contributed by atoms with Gasteiger partial charge in [-0.15, -0.1) is 0 Å². The number of halogens is 1. The lowest BCUT2D eigenvalue weighted by Crippen LogP contribution is -2.26. The van der Waals surface area contributed by atoms with Gasteiger partial charge in [-0.25, -0.2) is 0 Å². The van der Waals surface area contributed by atoms with Crippen LogP contribution in [0, 0.1) is 0 Å². The summed E-state index contributed by atoms with van der Waals surface area (Å²) in [7, 11) is 0. The molecule has 1 unspecified atom stereocenters. The van der Waals surface area contributed by atoms with Crippen LogP contribution in [0.1, 0.15) is 12.0 Å². The van der Waals surface area contributed by atoms with Crippen LogP contribution in [0.25, 0.3) is 0 Å². The number of nitrogens with zero attached hydrogens (tertiary/aromatic N) is 1. The summed E-state index contributed by atoms with van der Waals surface area (Å²) in [6, 6.07) is 17.6. The zero-order chi connectivity index (χ0) is 14.7. The molecule has 0 saturated carbocycles. The van der Waals surface area contributed by atoms with Gasteiger partial charge in [0.1, 0.15) is 12.4 Å². The van der Waals surface area contributed by atoms with Crippen molar-refractivity contribution < 1.29 is 9.53 Å². The van der Waals surface area contributed by atoms with Crippen molar-refractivity contribution in [2.75, 3.05) is 11.4 Å². The Kier molecular flexibility index (Phi) is 4.25. The summed E-state index contributed by atoms with van der Waals surface area (Å²) in [5, 5.41) is 0. The van der Waals surface area contributed by atoms with Crippen molar-refractivity contribution in [1.29, 1.82) is 0 Å². The minimum atomic E-state index is 0.157. The molecule has 1 aliphatic heterocycles. The molecule has 3 rings (SSSR count). The summed E-state index contributed by atoms with van der Waals surface area (Å²) in [5.74, 6) is 0.988. The molecule has 1 fully saturated rings. The summed E-state index contributed by atoms with van der Waals surface area (Å²) in [5.41, 5.74) is 1.97. The topological polar surface area (TPSA) is 29.5 Å². The molecule has 1 aliphatic rings. The summed E-state index contributed by atoms with van der Waals surface area (Å²) in [6.45, 7) is 1.16. The van der Waals surface area contributed by atoms with Crippen LogP contribution in [0.4, 0.5) is 5.69 Å². The Morgan fingerprint density at radius 2 is 1.81 bits per heavy atom. The minimum absolute atomic E-state index is 0.157. The highest BCUT2D eigenvalue weighted by Gasteiger charge is 2.29. The number of anilines is 1. The Morgan fingerprint density at radius 1 is 1.10 bits per heavy atom. The second-order valence-corrected chi connectivity index (χ2v) is 6.33. The molecular weight excluding hydrogens is 330 g/mol. The summed E-state index contributed by atoms with van der Waals surface area (Å²) in [4.78, 5) is 14.1. The number of para-hydroxylation sites is 2. The van der Waals surface area contributed by atoms with Crippen molar-refractivity contribution in [3.63, 3.8) is 0 Å². The van der Waals surface area contributed by atoms with E-state index >= 15 is 0 Å². The average molecular weight is 346 g/mol. The highest BCUT2D eigenvalue weighted by molar-refractivity contribution is 9.09. The van der Waals surface area contributed by atoms with Gasteiger partial charge >= 0.3 is 0 Å². The number of rotatable bonds is 4. The maximum absolute atomic E-state index is 12.1. The smallest absolute Gasteiger partial charge is 0.228 e. The highest BCUT2D eigenvalue weighted by atomic mass is 79.9. The van der Waals surface area contributed by atoms with Gasteiger partial charge in [-0.2, -0.15) is 0 Å². The molecule has 2 aromatic carbocycles. The number of alkyl halides is 1. The Balaban J connectivity index is 1.78. The molecule has 1 atom stereocenters. The second kappa shape index (κ2) is 6.31. The van der Waals surface area contributed by atoms with E-state index in [2.05, 4.69) is 15.9 Å². The highest BCUT2D eigenvalue weighted by Crippen LogP contribution is 2.28. The van der Waals surface area contributed by atoms with E-state index in [4.69, 9.17) is 4.74 Å². The van der Waals surface area contributed by atoms with Crippen LogP contribution in [0.3, 0.4) is 0 Å². The first-order chi connectivity index (χ1) is 10.2. The first kappa shape index (κ1) is 14.1. The van der Waals surface area contributed by atoms with Crippen molar-refractivity contribution in [2.24, 2.45) is 0 Å². The fourth-order valence-corrected chi connectivity index (χ4v) is 3.04. The molecule has 1 heterocycles. The lowest BCUT2D eigenvalue weighted by Gasteiger charge is -2.20. The molecule has 0 spiro atoms. The molecule has 1 amide bonds. The van der Waals surface area contributed by atoms with Gasteiger partial charge in [0, 0.05) is 23.4 Å². The largest absolute Gasteiger partial charge is 0.489 e. The maximum Gasteiger partial charge on any atom is 0.228 e. The first-order valence-electron chi connectivity index (χ1n) is 6.94. The first-order valence-corrected chi connectivity index (χ1v) is 7.86. The van der Waals surface area contributed by atoms with E-state index in [1.165, 1.54) is 0 Å². The van der Waals surface area contributed by atoms with Crippen molar-refractivity contribution in [3.05, 3.63) is 60.2 Å². The van der Waals surface area contributed by atoms with Crippen LogP contribution in [0.5, 0.6) is 5.75 Å². The van der Waals surface area contributed by atoms with Crippen LogP contribution in [0.2, 0.25) is 0 Å². The molecule has 0 radical (unpaired) electrons. The quantitative estimate of drug-likeness (QED) is 0.789. The van der Waals surface area contributed by atoms with Crippen LogP contribution in [0.15, 0.2) is 54.6 Å². The summed E-state index contributed by atoms with van der Waals surface area (Å²) >= 11 is 3.52. The maximum atomic E-state index is 12.1. The molecule has 2 aromatic rings. The average Bonchev–Trinajstić information content (AvgIpc) is 2.85. The summed E-state index contributed by atoms with van der Waals surface area (Å²) in [6.07, 6.45) is 0.549. The minimum Gasteiger partial charge on any atom is -0.489 e. The van der Waals surface area contributed by atoms with Gasteiger partial charge in [0.05, 0.1) is 5.69 Å². The van der Waals surface area contributed by atoms with E-state index in [-0.39, 0.29) is 10.7 Å². The Morgan fingerprint density at radius 3 is 2.52 bits per heavy atom. The molecule has 21 heavy (non-hydrogen) atoms. The van der Waals surface area contributed by atoms with E-state index in [1.807, 2.05) is 59.5 Å². The van der Waals surface area contributed by atoms with E-state index < -0.39 is 0 Å². The third kappa shape index (κ3) is 3.27. The second-order valence-electron chi connectivity index (χ2n) is 5.04. The van der Waals surface area contributed by atoms with E-state index in [1.54, 1.807) is 0 Å². The lowest BCUT2D eigenvalue weighted by atomic mass is 10.1. The van der Waals surface area contributed by atoms with E-state index in [0.29, 0.717) is 19.6 Å². The number of benzene rings is 2. The van der Waals surface area contributed by atoms with Crippen molar-refractivity contribution in [2.45, 2.75) is 17.9 Å². The molecule has 0 bridgehead atoms. The monoisotopic (exact) mass is 345 g/mol. The molecule has 0 aliphatic carbocycles. The SMILES string of the molecule is O=C1CC(Br)CN1c1ccccc1COc1ccccc1. The van der Waals surface area contributed by atoms with Crippen molar-refractivity contribution in [1.82, 2.24) is 0 Å². The predicted molar refractivity (Wildman–Crippen MR) is 86.9 cm³/mol. The molecule has 3 nitrogen and oxygen atoms in total. The number of hydrogen-bond donors (Lipinski definition) is 0. The van der Waals surface area contributed by atoms with Crippen LogP contribution in [-0.4, -0.2) is 17.3 Å². The Labute approximate surface area is 132 Å². The van der Waals surface area contributed by atoms with Gasteiger partial charge in [0.25, 0.3) is 0 Å². The van der Waals surface area contributed by atoms with Gasteiger partial charge in [0.2, 0.25) is 5.91 Å². The third-order valence-electron chi connectivity index (χ3n) is 3.50. The zero-order valence-corrected chi connectivity index (χ0v) is 13.1. The van der Waals surface area contributed by atoms with Gasteiger partial charge in [-0.1, -0.05) is 52.3 Å². The Hall–Kier alpha value is -1.81. The fraction of sp³-hybridized carbons (Fsp3) is 0.235. The van der Waals surface area contributed by atoms with E-state index in [0.717, 1.165) is 17.0 Å². The van der Waals surface area contributed by atoms with E-state index in [9.17, 15) is 4.79 Å². The van der Waals surface area contributed by atoms with Gasteiger partial charge in [-0.05, 0) is 18.2 Å². The normalized spacial score (nSPS) is 18.0. The van der Waals surface area contributed by atoms with Gasteiger partial charge < -0.3 is 9.64 Å². The molecular formula is C17H16BrNO2. The Bertz CT molecular complexity index is 630. The van der Waals surface area contributed by atoms with Gasteiger partial charge in [0.15, 0.2) is 0 Å². The molecule has 0 aromatic heterocycles. The number of carbonyl (C=O) groups excluding carboxylic acids is 1. The number of carbonyl (C=O) groups is 1. The standard InChI is InChI=1S/C17H16BrNO2/c18-14-10-17(20)19(11-14)16-9-5-4-6-13(16)12-21-15-7-2-1-3-8-15/h1-9,14H,10-12H2. The number of hydrogen-bond acceptors (Lipinski definition) is 2. The van der Waals surface area contributed by atoms with Crippen LogP contribution in [-0.2, 0) is 11.4 Å². The molecule has 4 heteroatoms. The lowest BCUT2D eigenvalue weighted by molar-refractivity contribution is -0.117. The molecule has 108 valence electrons. The van der Waals surface area contributed by atoms with Crippen LogP contribution >= 0.6 is 15.9 Å². The van der Waals surface area contributed by atoms with Crippen molar-refractivity contribution >= 4 is 27.5 Å². The number of ether oxygens (including phenoxy) is 1. The fourth-order valence-electron chi connectivity index (χ4n) is 2.47. The molecule has 0 N–H and O–H groups in total. The third-order valence-corrected chi connectivity index (χ3v) is 4.11. The van der Waals surface area contributed by atoms with Gasteiger partial charge in [-0.3, -0.25) is 4.79 Å². The zero-order valence-electron chi connectivity index (χ0n) is 11.5. The van der Waals surface area contributed by atoms with Crippen molar-refractivity contribution in [3.8, 4) is 5.75 Å². The number of amides is 1. The summed E-state index contributed by atoms with van der Waals surface area (Å²) < 4.78 is 5.80. The molecule has 1 saturated heterocycles.